The van der Waals surface area contributed by atoms with Crippen molar-refractivity contribution in [2.75, 3.05) is 24.2 Å². The van der Waals surface area contributed by atoms with E-state index in [-0.39, 0.29) is 22.4 Å². The molecule has 1 aliphatic rings. The Labute approximate surface area is 147 Å². The van der Waals surface area contributed by atoms with Crippen molar-refractivity contribution in [3.05, 3.63) is 42.2 Å². The molecule has 2 heterocycles. The van der Waals surface area contributed by atoms with Crippen LogP contribution in [-0.2, 0) is 16.9 Å². The summed E-state index contributed by atoms with van der Waals surface area (Å²) in [6, 6.07) is 6.34. The van der Waals surface area contributed by atoms with Crippen molar-refractivity contribution in [1.82, 2.24) is 14.9 Å². The zero-order chi connectivity index (χ0) is 18.0. The van der Waals surface area contributed by atoms with Gasteiger partial charge in [-0.25, -0.2) is 13.4 Å². The van der Waals surface area contributed by atoms with Gasteiger partial charge in [-0.3, -0.25) is 4.79 Å². The molecule has 3 rings (SSSR count). The number of carbonyl (C=O) groups is 1. The summed E-state index contributed by atoms with van der Waals surface area (Å²) in [5, 5.41) is 2.97. The van der Waals surface area contributed by atoms with E-state index in [1.807, 2.05) is 17.8 Å². The molecule has 1 aromatic carbocycles. The van der Waals surface area contributed by atoms with Gasteiger partial charge < -0.3 is 14.8 Å². The molecule has 2 aromatic rings. The fourth-order valence-electron chi connectivity index (χ4n) is 3.13. The zero-order valence-electron chi connectivity index (χ0n) is 14.3. The molecule has 1 N–H and O–H groups in total. The molecule has 1 fully saturated rings. The van der Waals surface area contributed by atoms with Gasteiger partial charge in [-0.05, 0) is 25.0 Å². The van der Waals surface area contributed by atoms with Gasteiger partial charge in [0.15, 0.2) is 9.84 Å². The van der Waals surface area contributed by atoms with Crippen molar-refractivity contribution >= 4 is 21.7 Å². The number of aryl methyl sites for hydroxylation is 1. The molecular weight excluding hydrogens is 340 g/mol. The number of nitrogens with one attached hydrogen (secondary N) is 1. The minimum absolute atomic E-state index is 0.0247. The average Bonchev–Trinajstić information content (AvgIpc) is 3.01. The molecule has 0 bridgehead atoms. The minimum Gasteiger partial charge on any atom is -0.349 e. The Morgan fingerprint density at radius 2 is 1.92 bits per heavy atom. The van der Waals surface area contributed by atoms with Crippen LogP contribution in [0.15, 0.2) is 41.6 Å². The Kier molecular flexibility index (Phi) is 4.80. The Morgan fingerprint density at radius 3 is 2.52 bits per heavy atom. The van der Waals surface area contributed by atoms with E-state index in [2.05, 4.69) is 15.2 Å². The molecule has 1 amide bonds. The highest BCUT2D eigenvalue weighted by molar-refractivity contribution is 7.90. The first-order valence-electron chi connectivity index (χ1n) is 8.18. The second-order valence-corrected chi connectivity index (χ2v) is 8.33. The van der Waals surface area contributed by atoms with Crippen molar-refractivity contribution in [2.45, 2.75) is 23.8 Å². The number of sulfone groups is 1. The van der Waals surface area contributed by atoms with E-state index in [0.29, 0.717) is 0 Å². The number of anilines is 1. The van der Waals surface area contributed by atoms with Crippen molar-refractivity contribution in [3.63, 3.8) is 0 Å². The molecule has 0 spiro atoms. The molecule has 0 atom stereocenters. The van der Waals surface area contributed by atoms with Crippen molar-refractivity contribution in [3.8, 4) is 0 Å². The number of hydrogen-bond acceptors (Lipinski definition) is 5. The molecule has 8 heteroatoms. The van der Waals surface area contributed by atoms with Gasteiger partial charge in [0.25, 0.3) is 5.91 Å². The third-order valence-electron chi connectivity index (χ3n) is 4.44. The standard InChI is InChI=1S/C17H22N4O3S/c1-20-12-9-18-17(20)21-10-7-13(8-11-21)19-16(22)14-5-3-4-6-15(14)25(2,23)24/h3-6,9,12-13H,7-8,10-11H2,1-2H3,(H,19,22). The fraction of sp³-hybridized carbons (Fsp3) is 0.412. The van der Waals surface area contributed by atoms with Crippen LogP contribution in [0, 0.1) is 0 Å². The van der Waals surface area contributed by atoms with E-state index in [1.165, 1.54) is 6.07 Å². The summed E-state index contributed by atoms with van der Waals surface area (Å²) >= 11 is 0. The quantitative estimate of drug-likeness (QED) is 0.884. The highest BCUT2D eigenvalue weighted by atomic mass is 32.2. The first-order chi connectivity index (χ1) is 11.9. The van der Waals surface area contributed by atoms with Gasteiger partial charge in [-0.2, -0.15) is 0 Å². The molecule has 1 aliphatic heterocycles. The summed E-state index contributed by atoms with van der Waals surface area (Å²) in [5.41, 5.74) is 0.205. The number of benzene rings is 1. The lowest BCUT2D eigenvalue weighted by Gasteiger charge is -2.33. The van der Waals surface area contributed by atoms with E-state index in [4.69, 9.17) is 0 Å². The molecule has 1 saturated heterocycles. The summed E-state index contributed by atoms with van der Waals surface area (Å²) in [6.07, 6.45) is 6.38. The van der Waals surface area contributed by atoms with Crippen molar-refractivity contribution in [1.29, 1.82) is 0 Å². The average molecular weight is 362 g/mol. The first-order valence-corrected chi connectivity index (χ1v) is 10.1. The zero-order valence-corrected chi connectivity index (χ0v) is 15.2. The number of hydrogen-bond donors (Lipinski definition) is 1. The number of piperidine rings is 1. The van der Waals surface area contributed by atoms with Gasteiger partial charge in [0, 0.05) is 44.8 Å². The molecule has 0 unspecified atom stereocenters. The molecule has 1 aromatic heterocycles. The van der Waals surface area contributed by atoms with Gasteiger partial charge in [-0.1, -0.05) is 12.1 Å². The van der Waals surface area contributed by atoms with E-state index in [0.717, 1.165) is 38.1 Å². The van der Waals surface area contributed by atoms with Crippen LogP contribution in [0.4, 0.5) is 5.95 Å². The van der Waals surface area contributed by atoms with Crippen molar-refractivity contribution < 1.29 is 13.2 Å². The Hall–Kier alpha value is -2.35. The van der Waals surface area contributed by atoms with Gasteiger partial charge in [-0.15, -0.1) is 0 Å². The Bertz CT molecular complexity index is 868. The predicted molar refractivity (Wildman–Crippen MR) is 95.5 cm³/mol. The lowest BCUT2D eigenvalue weighted by molar-refractivity contribution is 0.0927. The van der Waals surface area contributed by atoms with Gasteiger partial charge >= 0.3 is 0 Å². The number of nitrogens with zero attached hydrogens (tertiary/aromatic N) is 3. The first kappa shape index (κ1) is 17.5. The molecular formula is C17H22N4O3S. The van der Waals surface area contributed by atoms with Gasteiger partial charge in [0.05, 0.1) is 10.5 Å². The number of imidazole rings is 1. The van der Waals surface area contributed by atoms with Crippen LogP contribution in [0.3, 0.4) is 0 Å². The van der Waals surface area contributed by atoms with Crippen LogP contribution in [0.25, 0.3) is 0 Å². The summed E-state index contributed by atoms with van der Waals surface area (Å²) in [5.74, 6) is 0.587. The summed E-state index contributed by atoms with van der Waals surface area (Å²) in [7, 11) is -1.49. The smallest absolute Gasteiger partial charge is 0.252 e. The number of rotatable bonds is 4. The third-order valence-corrected chi connectivity index (χ3v) is 5.59. The number of carbonyl (C=O) groups excluding carboxylic acids is 1. The van der Waals surface area contributed by atoms with E-state index in [1.54, 1.807) is 24.4 Å². The molecule has 0 saturated carbocycles. The second kappa shape index (κ2) is 6.87. The molecule has 7 nitrogen and oxygen atoms in total. The Balaban J connectivity index is 1.65. The topological polar surface area (TPSA) is 84.3 Å². The van der Waals surface area contributed by atoms with Crippen LogP contribution in [0.5, 0.6) is 0 Å². The molecule has 25 heavy (non-hydrogen) atoms. The summed E-state index contributed by atoms with van der Waals surface area (Å²) < 4.78 is 25.7. The summed E-state index contributed by atoms with van der Waals surface area (Å²) in [6.45, 7) is 1.59. The van der Waals surface area contributed by atoms with Crippen LogP contribution in [0.2, 0.25) is 0 Å². The third kappa shape index (κ3) is 3.84. The number of aromatic nitrogens is 2. The summed E-state index contributed by atoms with van der Waals surface area (Å²) in [4.78, 5) is 19.1. The van der Waals surface area contributed by atoms with E-state index in [9.17, 15) is 13.2 Å². The predicted octanol–water partition coefficient (Wildman–Crippen LogP) is 1.22. The molecule has 134 valence electrons. The van der Waals surface area contributed by atoms with Crippen molar-refractivity contribution in [2.24, 2.45) is 7.05 Å². The largest absolute Gasteiger partial charge is 0.349 e. The highest BCUT2D eigenvalue weighted by Crippen LogP contribution is 2.19. The van der Waals surface area contributed by atoms with E-state index >= 15 is 0 Å². The van der Waals surface area contributed by atoms with Crippen LogP contribution in [0.1, 0.15) is 23.2 Å². The van der Waals surface area contributed by atoms with Crippen LogP contribution >= 0.6 is 0 Å². The highest BCUT2D eigenvalue weighted by Gasteiger charge is 2.25. The monoisotopic (exact) mass is 362 g/mol. The maximum atomic E-state index is 12.5. The minimum atomic E-state index is -3.44. The lowest BCUT2D eigenvalue weighted by atomic mass is 10.0. The van der Waals surface area contributed by atoms with Gasteiger partial charge in [0.2, 0.25) is 5.95 Å². The maximum Gasteiger partial charge on any atom is 0.252 e. The maximum absolute atomic E-state index is 12.5. The molecule has 0 aliphatic carbocycles. The molecule has 0 radical (unpaired) electrons. The Morgan fingerprint density at radius 1 is 1.24 bits per heavy atom. The number of amides is 1. The van der Waals surface area contributed by atoms with E-state index < -0.39 is 9.84 Å². The SMILES string of the molecule is Cn1ccnc1N1CCC(NC(=O)c2ccccc2S(C)(=O)=O)CC1. The van der Waals surface area contributed by atoms with Gasteiger partial charge in [0.1, 0.15) is 0 Å². The van der Waals surface area contributed by atoms with Crippen LogP contribution in [-0.4, -0.2) is 49.3 Å². The lowest BCUT2D eigenvalue weighted by Crippen LogP contribution is -2.45. The fourth-order valence-corrected chi connectivity index (χ4v) is 4.01. The second-order valence-electron chi connectivity index (χ2n) is 6.34. The normalized spacial score (nSPS) is 16.0. The van der Waals surface area contributed by atoms with Crippen LogP contribution < -0.4 is 10.2 Å².